The Labute approximate surface area is 102 Å². The third-order valence-electron chi connectivity index (χ3n) is 2.48. The average molecular weight is 250 g/mol. The van der Waals surface area contributed by atoms with Gasteiger partial charge in [0, 0.05) is 5.56 Å². The van der Waals surface area contributed by atoms with E-state index in [1.165, 1.54) is 26.2 Å². The summed E-state index contributed by atoms with van der Waals surface area (Å²) in [5.74, 6) is -0.457. The largest absolute Gasteiger partial charge is 0.504 e. The molecule has 0 radical (unpaired) electrons. The number of halogens is 1. The Morgan fingerprint density at radius 3 is 2.78 bits per heavy atom. The van der Waals surface area contributed by atoms with E-state index >= 15 is 0 Å². The molecule has 1 aromatic carbocycles. The Morgan fingerprint density at radius 1 is 1.44 bits per heavy atom. The summed E-state index contributed by atoms with van der Waals surface area (Å²) in [6.45, 7) is 1.41. The van der Waals surface area contributed by atoms with Crippen LogP contribution in [0.3, 0.4) is 0 Å². The summed E-state index contributed by atoms with van der Waals surface area (Å²) in [6, 6.07) is 4.46. The van der Waals surface area contributed by atoms with Crippen LogP contribution in [0.15, 0.2) is 23.0 Å². The predicted molar refractivity (Wildman–Crippen MR) is 63.2 cm³/mol. The molecule has 0 aliphatic heterocycles. The van der Waals surface area contributed by atoms with Gasteiger partial charge in [0.1, 0.15) is 5.82 Å². The molecule has 94 valence electrons. The Bertz CT molecular complexity index is 652. The number of nitrogens with one attached hydrogen (secondary N) is 1. The number of methoxy groups -OCH3 is 1. The highest BCUT2D eigenvalue weighted by molar-refractivity contribution is 5.60. The van der Waals surface area contributed by atoms with Crippen molar-refractivity contribution in [3.8, 4) is 22.9 Å². The summed E-state index contributed by atoms with van der Waals surface area (Å²) in [6.07, 6.45) is 0. The molecule has 0 unspecified atom stereocenters. The van der Waals surface area contributed by atoms with Gasteiger partial charge in [0.05, 0.1) is 12.8 Å². The summed E-state index contributed by atoms with van der Waals surface area (Å²) < 4.78 is 18.1. The molecule has 0 bridgehead atoms. The lowest BCUT2D eigenvalue weighted by molar-refractivity contribution is 0.373. The molecule has 0 amide bonds. The molecule has 18 heavy (non-hydrogen) atoms. The summed E-state index contributed by atoms with van der Waals surface area (Å²) in [7, 11) is 1.41. The monoisotopic (exact) mass is 250 g/mol. The van der Waals surface area contributed by atoms with Crippen molar-refractivity contribution in [2.24, 2.45) is 0 Å². The summed E-state index contributed by atoms with van der Waals surface area (Å²) in [5, 5.41) is 9.46. The highest BCUT2D eigenvalue weighted by Gasteiger charge is 2.10. The fraction of sp³-hybridized carbons (Fsp3) is 0.167. The van der Waals surface area contributed by atoms with Crippen molar-refractivity contribution in [1.82, 2.24) is 9.97 Å². The number of rotatable bonds is 2. The van der Waals surface area contributed by atoms with Crippen LogP contribution >= 0.6 is 0 Å². The van der Waals surface area contributed by atoms with Crippen LogP contribution in [0.4, 0.5) is 4.39 Å². The van der Waals surface area contributed by atoms with Gasteiger partial charge in [-0.05, 0) is 25.1 Å². The van der Waals surface area contributed by atoms with Crippen LogP contribution in [0.5, 0.6) is 11.5 Å². The molecule has 2 rings (SSSR count). The second-order valence-electron chi connectivity index (χ2n) is 3.70. The maximum atomic E-state index is 13.2. The zero-order valence-electron chi connectivity index (χ0n) is 9.82. The van der Waals surface area contributed by atoms with Crippen molar-refractivity contribution < 1.29 is 14.2 Å². The number of aromatic nitrogens is 2. The predicted octanol–water partition coefficient (Wildman–Crippen LogP) is 1.60. The second-order valence-corrected chi connectivity index (χ2v) is 3.70. The van der Waals surface area contributed by atoms with E-state index < -0.39 is 11.4 Å². The number of aromatic amines is 1. The quantitative estimate of drug-likeness (QED) is 0.848. The zero-order valence-corrected chi connectivity index (χ0v) is 9.82. The minimum atomic E-state index is -0.899. The number of ether oxygens (including phenoxy) is 1. The standard InChI is InChI=1S/C12H11FN2O3/c1-6-10(13)12(17)15-11(14-6)7-3-4-8(16)9(5-7)18-2/h3-5,16H,1-2H3,(H,14,15,17). The Hall–Kier alpha value is -2.37. The molecule has 0 fully saturated rings. The maximum Gasteiger partial charge on any atom is 0.287 e. The van der Waals surface area contributed by atoms with E-state index in [-0.39, 0.29) is 23.0 Å². The van der Waals surface area contributed by atoms with E-state index in [2.05, 4.69) is 9.97 Å². The molecule has 2 N–H and O–H groups in total. The molecular weight excluding hydrogens is 239 g/mol. The van der Waals surface area contributed by atoms with Gasteiger partial charge in [0.25, 0.3) is 5.56 Å². The Kier molecular flexibility index (Phi) is 3.01. The Morgan fingerprint density at radius 2 is 2.17 bits per heavy atom. The molecular formula is C12H11FN2O3. The van der Waals surface area contributed by atoms with E-state index in [9.17, 15) is 14.3 Å². The van der Waals surface area contributed by atoms with Gasteiger partial charge in [-0.15, -0.1) is 0 Å². The van der Waals surface area contributed by atoms with Gasteiger partial charge < -0.3 is 14.8 Å². The summed E-state index contributed by atoms with van der Waals surface area (Å²) >= 11 is 0. The van der Waals surface area contributed by atoms with Crippen LogP contribution in [-0.4, -0.2) is 22.2 Å². The van der Waals surface area contributed by atoms with E-state index in [0.29, 0.717) is 5.56 Å². The lowest BCUT2D eigenvalue weighted by atomic mass is 10.2. The first-order chi connectivity index (χ1) is 8.52. The summed E-state index contributed by atoms with van der Waals surface area (Å²) in [5.41, 5.74) is -0.296. The van der Waals surface area contributed by atoms with Crippen LogP contribution in [-0.2, 0) is 0 Å². The van der Waals surface area contributed by atoms with Crippen LogP contribution < -0.4 is 10.3 Å². The minimum Gasteiger partial charge on any atom is -0.504 e. The molecule has 0 saturated heterocycles. The lowest BCUT2D eigenvalue weighted by Gasteiger charge is -2.06. The third kappa shape index (κ3) is 2.04. The molecule has 1 aromatic heterocycles. The van der Waals surface area contributed by atoms with Crippen molar-refractivity contribution in [3.05, 3.63) is 40.1 Å². The number of aryl methyl sites for hydroxylation is 1. The van der Waals surface area contributed by atoms with Crippen LogP contribution in [0.1, 0.15) is 5.69 Å². The minimum absolute atomic E-state index is 0.0146. The molecule has 0 spiro atoms. The molecule has 1 heterocycles. The van der Waals surface area contributed by atoms with Gasteiger partial charge in [0.15, 0.2) is 11.5 Å². The molecule has 0 saturated carbocycles. The first-order valence-corrected chi connectivity index (χ1v) is 5.16. The highest BCUT2D eigenvalue weighted by atomic mass is 19.1. The van der Waals surface area contributed by atoms with Gasteiger partial charge in [-0.1, -0.05) is 0 Å². The maximum absolute atomic E-state index is 13.2. The Balaban J connectivity index is 2.59. The fourth-order valence-electron chi connectivity index (χ4n) is 1.53. The first-order valence-electron chi connectivity index (χ1n) is 5.16. The number of hydrogen-bond acceptors (Lipinski definition) is 4. The van der Waals surface area contributed by atoms with E-state index in [4.69, 9.17) is 4.74 Å². The zero-order chi connectivity index (χ0) is 13.3. The van der Waals surface area contributed by atoms with Gasteiger partial charge in [-0.2, -0.15) is 4.39 Å². The third-order valence-corrected chi connectivity index (χ3v) is 2.48. The molecule has 0 aliphatic rings. The number of nitrogens with zero attached hydrogens (tertiary/aromatic N) is 1. The van der Waals surface area contributed by atoms with Crippen molar-refractivity contribution >= 4 is 0 Å². The number of hydrogen-bond donors (Lipinski definition) is 2. The van der Waals surface area contributed by atoms with Gasteiger partial charge in [-0.3, -0.25) is 4.79 Å². The molecule has 5 nitrogen and oxygen atoms in total. The smallest absolute Gasteiger partial charge is 0.287 e. The summed E-state index contributed by atoms with van der Waals surface area (Å²) in [4.78, 5) is 17.6. The SMILES string of the molecule is COc1cc(-c2nc(C)c(F)c(=O)[nH]2)ccc1O. The average Bonchev–Trinajstić information content (AvgIpc) is 2.36. The van der Waals surface area contributed by atoms with Crippen LogP contribution in [0, 0.1) is 12.7 Å². The van der Waals surface area contributed by atoms with E-state index in [1.54, 1.807) is 6.07 Å². The number of H-pyrrole nitrogens is 1. The lowest BCUT2D eigenvalue weighted by Crippen LogP contribution is -2.15. The fourth-order valence-corrected chi connectivity index (χ4v) is 1.53. The van der Waals surface area contributed by atoms with Crippen LogP contribution in [0.2, 0.25) is 0 Å². The number of aromatic hydroxyl groups is 1. The van der Waals surface area contributed by atoms with Gasteiger partial charge in [0.2, 0.25) is 5.82 Å². The normalized spacial score (nSPS) is 10.4. The molecule has 2 aromatic rings. The van der Waals surface area contributed by atoms with E-state index in [0.717, 1.165) is 0 Å². The molecule has 0 atom stereocenters. The van der Waals surface area contributed by atoms with Crippen molar-refractivity contribution in [2.75, 3.05) is 7.11 Å². The number of benzene rings is 1. The van der Waals surface area contributed by atoms with Crippen molar-refractivity contribution in [3.63, 3.8) is 0 Å². The van der Waals surface area contributed by atoms with E-state index in [1.807, 2.05) is 0 Å². The second kappa shape index (κ2) is 4.48. The topological polar surface area (TPSA) is 75.2 Å². The molecule has 0 aliphatic carbocycles. The number of phenolic OH excluding ortho intramolecular Hbond substituents is 1. The highest BCUT2D eigenvalue weighted by Crippen LogP contribution is 2.29. The van der Waals surface area contributed by atoms with Crippen molar-refractivity contribution in [1.29, 1.82) is 0 Å². The van der Waals surface area contributed by atoms with Gasteiger partial charge in [-0.25, -0.2) is 4.98 Å². The molecule has 6 heteroatoms. The number of phenols is 1. The van der Waals surface area contributed by atoms with Crippen LogP contribution in [0.25, 0.3) is 11.4 Å². The van der Waals surface area contributed by atoms with Gasteiger partial charge >= 0.3 is 0 Å². The first kappa shape index (κ1) is 12.1. The van der Waals surface area contributed by atoms with Crippen molar-refractivity contribution in [2.45, 2.75) is 6.92 Å².